The lowest BCUT2D eigenvalue weighted by Crippen LogP contribution is -2.25. The Bertz CT molecular complexity index is 1120. The standard InChI is InChI=1S/C26H28N2O4S/c1-18(29)19-5-7-20(8-6-19)24-11-12-25(33-24)26(30)27-21-9-10-22(23(17-21)31-2)32-16-15-28-13-3-4-14-28/h5-12,17H,3-4,13-16H2,1-2H3,(H,27,30). The van der Waals surface area contributed by atoms with E-state index in [1.165, 1.54) is 24.2 Å². The highest BCUT2D eigenvalue weighted by atomic mass is 32.1. The van der Waals surface area contributed by atoms with Gasteiger partial charge in [0.05, 0.1) is 12.0 Å². The number of benzene rings is 2. The van der Waals surface area contributed by atoms with Crippen LogP contribution in [0.4, 0.5) is 5.69 Å². The summed E-state index contributed by atoms with van der Waals surface area (Å²) in [7, 11) is 1.59. The van der Waals surface area contributed by atoms with Gasteiger partial charge < -0.3 is 14.8 Å². The van der Waals surface area contributed by atoms with E-state index >= 15 is 0 Å². The van der Waals surface area contributed by atoms with Gasteiger partial charge in [0.2, 0.25) is 0 Å². The fourth-order valence-corrected chi connectivity index (χ4v) is 4.74. The average Bonchev–Trinajstić information content (AvgIpc) is 3.52. The zero-order chi connectivity index (χ0) is 23.2. The lowest BCUT2D eigenvalue weighted by atomic mass is 10.1. The van der Waals surface area contributed by atoms with Gasteiger partial charge in [-0.2, -0.15) is 0 Å². The predicted octanol–water partition coefficient (Wildman–Crippen LogP) is 5.35. The molecule has 1 aromatic heterocycles. The van der Waals surface area contributed by atoms with E-state index in [2.05, 4.69) is 10.2 Å². The van der Waals surface area contributed by atoms with Crippen LogP contribution in [0.15, 0.2) is 54.6 Å². The first kappa shape index (κ1) is 23.0. The molecule has 7 heteroatoms. The fourth-order valence-electron chi connectivity index (χ4n) is 3.83. The summed E-state index contributed by atoms with van der Waals surface area (Å²) in [6.45, 7) is 5.33. The number of nitrogens with zero attached hydrogens (tertiary/aromatic N) is 1. The van der Waals surface area contributed by atoms with Crippen molar-refractivity contribution in [1.29, 1.82) is 0 Å². The molecule has 1 saturated heterocycles. The molecule has 1 fully saturated rings. The summed E-state index contributed by atoms with van der Waals surface area (Å²) in [5.41, 5.74) is 2.29. The number of carbonyl (C=O) groups is 2. The highest BCUT2D eigenvalue weighted by Gasteiger charge is 2.14. The minimum atomic E-state index is -0.184. The molecule has 0 saturated carbocycles. The number of hydrogen-bond donors (Lipinski definition) is 1. The fraction of sp³-hybridized carbons (Fsp3) is 0.308. The molecule has 1 aliphatic heterocycles. The summed E-state index contributed by atoms with van der Waals surface area (Å²) in [6.07, 6.45) is 2.52. The van der Waals surface area contributed by atoms with Crippen molar-refractivity contribution in [2.24, 2.45) is 0 Å². The van der Waals surface area contributed by atoms with Crippen LogP contribution in [-0.2, 0) is 0 Å². The number of Topliss-reactive ketones (excluding diaryl/α,β-unsaturated/α-hetero) is 1. The second-order valence-electron chi connectivity index (χ2n) is 8.01. The molecule has 2 heterocycles. The number of amides is 1. The number of methoxy groups -OCH3 is 1. The van der Waals surface area contributed by atoms with E-state index in [0.29, 0.717) is 34.2 Å². The van der Waals surface area contributed by atoms with Crippen LogP contribution in [0.25, 0.3) is 10.4 Å². The van der Waals surface area contributed by atoms with Gasteiger partial charge in [-0.1, -0.05) is 24.3 Å². The molecule has 0 bridgehead atoms. The van der Waals surface area contributed by atoms with Crippen molar-refractivity contribution < 1.29 is 19.1 Å². The van der Waals surface area contributed by atoms with Crippen molar-refractivity contribution in [3.63, 3.8) is 0 Å². The van der Waals surface area contributed by atoms with Crippen molar-refractivity contribution in [3.05, 3.63) is 65.0 Å². The summed E-state index contributed by atoms with van der Waals surface area (Å²) < 4.78 is 11.4. The van der Waals surface area contributed by atoms with E-state index < -0.39 is 0 Å². The number of anilines is 1. The van der Waals surface area contributed by atoms with E-state index in [9.17, 15) is 9.59 Å². The molecule has 0 radical (unpaired) electrons. The first-order valence-electron chi connectivity index (χ1n) is 11.1. The number of rotatable bonds is 9. The Morgan fingerprint density at radius 3 is 2.45 bits per heavy atom. The maximum absolute atomic E-state index is 12.8. The Morgan fingerprint density at radius 2 is 1.76 bits per heavy atom. The summed E-state index contributed by atoms with van der Waals surface area (Å²) in [6, 6.07) is 16.6. The maximum Gasteiger partial charge on any atom is 0.265 e. The molecule has 0 atom stereocenters. The van der Waals surface area contributed by atoms with Crippen molar-refractivity contribution in [3.8, 4) is 21.9 Å². The minimum Gasteiger partial charge on any atom is -0.493 e. The normalized spacial score (nSPS) is 13.6. The van der Waals surface area contributed by atoms with Gasteiger partial charge in [-0.25, -0.2) is 0 Å². The van der Waals surface area contributed by atoms with Crippen LogP contribution in [0.5, 0.6) is 11.5 Å². The molecular formula is C26H28N2O4S. The van der Waals surface area contributed by atoms with Crippen molar-refractivity contribution >= 4 is 28.7 Å². The van der Waals surface area contributed by atoms with Crippen LogP contribution < -0.4 is 14.8 Å². The van der Waals surface area contributed by atoms with Gasteiger partial charge in [-0.3, -0.25) is 14.5 Å². The Hall–Kier alpha value is -3.16. The smallest absolute Gasteiger partial charge is 0.265 e. The minimum absolute atomic E-state index is 0.0336. The van der Waals surface area contributed by atoms with Crippen LogP contribution in [0.3, 0.4) is 0 Å². The van der Waals surface area contributed by atoms with Gasteiger partial charge in [-0.15, -0.1) is 11.3 Å². The highest BCUT2D eigenvalue weighted by molar-refractivity contribution is 7.17. The van der Waals surface area contributed by atoms with Crippen molar-refractivity contribution in [1.82, 2.24) is 4.90 Å². The summed E-state index contributed by atoms with van der Waals surface area (Å²) in [4.78, 5) is 28.2. The molecule has 0 unspecified atom stereocenters. The van der Waals surface area contributed by atoms with Crippen LogP contribution in [0, 0.1) is 0 Å². The molecule has 6 nitrogen and oxygen atoms in total. The van der Waals surface area contributed by atoms with E-state index in [0.717, 1.165) is 30.1 Å². The van der Waals surface area contributed by atoms with Crippen LogP contribution in [0.2, 0.25) is 0 Å². The first-order valence-corrected chi connectivity index (χ1v) is 11.9. The molecule has 0 aliphatic carbocycles. The Kier molecular flexibility index (Phi) is 7.42. The quantitative estimate of drug-likeness (QED) is 0.432. The Labute approximate surface area is 198 Å². The molecule has 1 aliphatic rings. The number of likely N-dealkylation sites (tertiary alicyclic amines) is 1. The second-order valence-corrected chi connectivity index (χ2v) is 9.10. The number of nitrogens with one attached hydrogen (secondary N) is 1. The molecule has 33 heavy (non-hydrogen) atoms. The number of hydrogen-bond acceptors (Lipinski definition) is 6. The number of thiophene rings is 1. The van der Waals surface area contributed by atoms with Gasteiger partial charge >= 0.3 is 0 Å². The second kappa shape index (κ2) is 10.6. The molecule has 1 amide bonds. The average molecular weight is 465 g/mol. The molecule has 0 spiro atoms. The topological polar surface area (TPSA) is 67.9 Å². The Balaban J connectivity index is 1.38. The van der Waals surface area contributed by atoms with Gasteiger partial charge in [-0.05, 0) is 62.7 Å². The third-order valence-electron chi connectivity index (χ3n) is 5.69. The van der Waals surface area contributed by atoms with Crippen molar-refractivity contribution in [2.75, 3.05) is 38.7 Å². The molecule has 4 rings (SSSR count). The molecule has 172 valence electrons. The van der Waals surface area contributed by atoms with Gasteiger partial charge in [0.1, 0.15) is 6.61 Å². The van der Waals surface area contributed by atoms with Gasteiger partial charge in [0.15, 0.2) is 17.3 Å². The maximum atomic E-state index is 12.8. The van der Waals surface area contributed by atoms with Gasteiger partial charge in [0, 0.05) is 28.7 Å². The predicted molar refractivity (Wildman–Crippen MR) is 132 cm³/mol. The van der Waals surface area contributed by atoms with E-state index in [1.807, 2.05) is 30.3 Å². The number of ether oxygens (including phenoxy) is 2. The van der Waals surface area contributed by atoms with Crippen molar-refractivity contribution in [2.45, 2.75) is 19.8 Å². The van der Waals surface area contributed by atoms with Gasteiger partial charge in [0.25, 0.3) is 5.91 Å². The summed E-state index contributed by atoms with van der Waals surface area (Å²) in [5.74, 6) is 1.11. The van der Waals surface area contributed by atoms with Crippen LogP contribution >= 0.6 is 11.3 Å². The zero-order valence-electron chi connectivity index (χ0n) is 18.9. The lowest BCUT2D eigenvalue weighted by Gasteiger charge is -2.16. The lowest BCUT2D eigenvalue weighted by molar-refractivity contribution is 0.101. The SMILES string of the molecule is COc1cc(NC(=O)c2ccc(-c3ccc(C(C)=O)cc3)s2)ccc1OCCN1CCCC1. The third-order valence-corrected chi connectivity index (χ3v) is 6.82. The largest absolute Gasteiger partial charge is 0.493 e. The highest BCUT2D eigenvalue weighted by Crippen LogP contribution is 2.32. The van der Waals surface area contributed by atoms with E-state index in [1.54, 1.807) is 38.3 Å². The molecule has 1 N–H and O–H groups in total. The number of carbonyl (C=O) groups excluding carboxylic acids is 2. The monoisotopic (exact) mass is 464 g/mol. The number of ketones is 1. The molecule has 3 aromatic rings. The van der Waals surface area contributed by atoms with E-state index in [4.69, 9.17) is 9.47 Å². The molecular weight excluding hydrogens is 436 g/mol. The Morgan fingerprint density at radius 1 is 1.00 bits per heavy atom. The van der Waals surface area contributed by atoms with Crippen LogP contribution in [0.1, 0.15) is 39.8 Å². The van der Waals surface area contributed by atoms with Crippen LogP contribution in [-0.4, -0.2) is 49.9 Å². The zero-order valence-corrected chi connectivity index (χ0v) is 19.7. The summed E-state index contributed by atoms with van der Waals surface area (Å²) >= 11 is 1.41. The molecule has 2 aromatic carbocycles. The first-order chi connectivity index (χ1) is 16.0. The third kappa shape index (κ3) is 5.80. The van der Waals surface area contributed by atoms with E-state index in [-0.39, 0.29) is 11.7 Å². The summed E-state index contributed by atoms with van der Waals surface area (Å²) in [5, 5.41) is 2.93.